The molecule has 14 heteroatoms. The van der Waals surface area contributed by atoms with Gasteiger partial charge in [-0.25, -0.2) is 9.59 Å². The van der Waals surface area contributed by atoms with Crippen LogP contribution in [0.5, 0.6) is 5.75 Å². The van der Waals surface area contributed by atoms with Crippen LogP contribution in [0.4, 0.5) is 0 Å². The normalized spacial score (nSPS) is 19.9. The number of ether oxygens (including phenoxy) is 2. The van der Waals surface area contributed by atoms with E-state index in [1.165, 1.54) is 5.56 Å². The summed E-state index contributed by atoms with van der Waals surface area (Å²) in [7, 11) is 0. The molecule has 5 N–H and O–H groups in total. The van der Waals surface area contributed by atoms with E-state index >= 15 is 0 Å². The number of nitrogens with zero attached hydrogens (tertiary/aromatic N) is 2. The number of fused-ring (bicyclic) bond motifs is 1. The van der Waals surface area contributed by atoms with Crippen molar-refractivity contribution in [2.24, 2.45) is 0 Å². The molecule has 0 aromatic heterocycles. The van der Waals surface area contributed by atoms with Gasteiger partial charge in [0.1, 0.15) is 18.4 Å². The average Bonchev–Trinajstić information content (AvgIpc) is 3.33. The topological polar surface area (TPSA) is 203 Å². The number of carbonyl (C=O) groups is 5. The van der Waals surface area contributed by atoms with Gasteiger partial charge in [0.25, 0.3) is 5.91 Å². The number of benzene rings is 2. The predicted molar refractivity (Wildman–Crippen MR) is 147 cm³/mol. The minimum Gasteiger partial charge on any atom is -0.489 e. The third-order valence-corrected chi connectivity index (χ3v) is 7.27. The quantitative estimate of drug-likeness (QED) is 0.237. The van der Waals surface area contributed by atoms with Crippen molar-refractivity contribution in [3.63, 3.8) is 0 Å². The molecular weight excluding hydrogens is 566 g/mol. The molecule has 0 bridgehead atoms. The number of hydrogen-bond donors (Lipinski definition) is 5. The minimum atomic E-state index is -2.27. The van der Waals surface area contributed by atoms with Crippen LogP contribution in [0, 0.1) is 0 Å². The molecule has 3 aliphatic rings. The second kappa shape index (κ2) is 14.2. The maximum atomic E-state index is 12.9. The molecule has 5 rings (SSSR count). The van der Waals surface area contributed by atoms with Gasteiger partial charge < -0.3 is 34.8 Å². The van der Waals surface area contributed by atoms with Gasteiger partial charge in [0.2, 0.25) is 11.8 Å². The zero-order chi connectivity index (χ0) is 31.1. The fraction of sp³-hybridized carbons (Fsp3) is 0.414. The van der Waals surface area contributed by atoms with Gasteiger partial charge in [-0.15, -0.1) is 0 Å². The van der Waals surface area contributed by atoms with Gasteiger partial charge in [-0.1, -0.05) is 30.3 Å². The first-order valence-corrected chi connectivity index (χ1v) is 13.6. The first kappa shape index (κ1) is 31.6. The van der Waals surface area contributed by atoms with Gasteiger partial charge in [0, 0.05) is 37.2 Å². The molecule has 2 aromatic carbocycles. The number of hydrogen-bond acceptors (Lipinski definition) is 10. The number of carboxylic acid groups (broad SMARTS) is 2. The Morgan fingerprint density at radius 1 is 0.953 bits per heavy atom. The monoisotopic (exact) mass is 599 g/mol. The molecule has 43 heavy (non-hydrogen) atoms. The highest BCUT2D eigenvalue weighted by Crippen LogP contribution is 2.34. The average molecular weight is 600 g/mol. The van der Waals surface area contributed by atoms with Crippen molar-refractivity contribution in [1.29, 1.82) is 0 Å². The summed E-state index contributed by atoms with van der Waals surface area (Å²) in [6.07, 6.45) is -3.95. The highest BCUT2D eigenvalue weighted by Gasteiger charge is 2.40. The molecule has 230 valence electrons. The number of aliphatic carboxylic acids is 2. The number of carboxylic acids is 2. The molecule has 2 saturated heterocycles. The number of nitrogens with one attached hydrogen (secondary N) is 1. The third kappa shape index (κ3) is 7.93. The number of carbonyl (C=O) groups excluding carboxylic acids is 3. The summed E-state index contributed by atoms with van der Waals surface area (Å²) < 4.78 is 11.5. The van der Waals surface area contributed by atoms with Crippen molar-refractivity contribution in [2.45, 2.75) is 50.8 Å². The molecule has 14 nitrogen and oxygen atoms in total. The summed E-state index contributed by atoms with van der Waals surface area (Å²) in [5.41, 5.74) is 3.64. The van der Waals surface area contributed by atoms with Crippen LogP contribution in [0.2, 0.25) is 0 Å². The molecule has 2 fully saturated rings. The smallest absolute Gasteiger partial charge is 0.335 e. The first-order chi connectivity index (χ1) is 20.5. The van der Waals surface area contributed by atoms with Crippen molar-refractivity contribution in [3.05, 3.63) is 64.7 Å². The zero-order valence-electron chi connectivity index (χ0n) is 23.2. The van der Waals surface area contributed by atoms with Crippen LogP contribution in [0.15, 0.2) is 42.5 Å². The molecule has 2 aromatic rings. The predicted octanol–water partition coefficient (Wildman–Crippen LogP) is -0.264. The number of morpholine rings is 1. The Bertz CT molecular complexity index is 1340. The van der Waals surface area contributed by atoms with Gasteiger partial charge in [0.15, 0.2) is 12.2 Å². The maximum absolute atomic E-state index is 12.9. The van der Waals surface area contributed by atoms with Crippen molar-refractivity contribution in [2.75, 3.05) is 26.3 Å². The number of imide groups is 1. The van der Waals surface area contributed by atoms with Crippen molar-refractivity contribution < 1.29 is 53.9 Å². The number of piperidine rings is 1. The van der Waals surface area contributed by atoms with Gasteiger partial charge in [-0.3, -0.25) is 24.6 Å². The Balaban J connectivity index is 0.000000365. The maximum Gasteiger partial charge on any atom is 0.335 e. The van der Waals surface area contributed by atoms with E-state index in [9.17, 15) is 24.0 Å². The van der Waals surface area contributed by atoms with Gasteiger partial charge >= 0.3 is 11.9 Å². The van der Waals surface area contributed by atoms with Gasteiger partial charge in [0.05, 0.1) is 19.8 Å². The second-order valence-electron chi connectivity index (χ2n) is 10.2. The summed E-state index contributed by atoms with van der Waals surface area (Å²) in [5.74, 6) is -3.79. The number of aliphatic hydroxyl groups is 2. The summed E-state index contributed by atoms with van der Waals surface area (Å²) in [5, 5.41) is 34.9. The van der Waals surface area contributed by atoms with Crippen LogP contribution >= 0.6 is 0 Å². The van der Waals surface area contributed by atoms with Crippen molar-refractivity contribution in [1.82, 2.24) is 15.1 Å². The van der Waals surface area contributed by atoms with Gasteiger partial charge in [-0.05, 0) is 29.7 Å². The lowest BCUT2D eigenvalue weighted by molar-refractivity contribution is -0.165. The first-order valence-electron chi connectivity index (χ1n) is 13.6. The number of aliphatic hydroxyl groups excluding tert-OH is 2. The van der Waals surface area contributed by atoms with Crippen LogP contribution in [0.25, 0.3) is 0 Å². The van der Waals surface area contributed by atoms with E-state index in [1.807, 2.05) is 6.07 Å². The third-order valence-electron chi connectivity index (χ3n) is 7.27. The molecule has 3 heterocycles. The summed E-state index contributed by atoms with van der Waals surface area (Å²) in [4.78, 5) is 60.1. The van der Waals surface area contributed by atoms with Crippen LogP contribution in [-0.2, 0) is 43.6 Å². The standard InChI is InChI=1S/C25H27N3O5.C4H6O6/c29-23-9-8-21(24(30)26-23)28-15-20-19(25(28)31)2-1-3-22(20)33-16-18-6-4-17(5-7-18)14-27-10-12-32-13-11-27;5-1(3(7)8)2(6)4(9)10/h1-7,21H,8-16H2,(H,26,29,30);1-2,5-6H,(H,7,8)(H,9,10)/t21-;1-,2-/m01/s1. The molecule has 0 radical (unpaired) electrons. The SMILES string of the molecule is O=C(O)[C@H](O)[C@@H](O)C(=O)O.O=C1CC[C@H](N2Cc3c(OCc4ccc(CN5CCOCC5)cc4)cccc3C2=O)C(=O)N1. The molecule has 0 spiro atoms. The largest absolute Gasteiger partial charge is 0.489 e. The molecule has 3 atom stereocenters. The Hall–Kier alpha value is -4.37. The Labute approximate surface area is 246 Å². The van der Waals surface area contributed by atoms with E-state index in [4.69, 9.17) is 29.9 Å². The Morgan fingerprint density at radius 3 is 2.19 bits per heavy atom. The van der Waals surface area contributed by atoms with Crippen LogP contribution in [0.3, 0.4) is 0 Å². The lowest BCUT2D eigenvalue weighted by atomic mass is 10.0. The summed E-state index contributed by atoms with van der Waals surface area (Å²) >= 11 is 0. The Kier molecular flexibility index (Phi) is 10.4. The minimum absolute atomic E-state index is 0.197. The van der Waals surface area contributed by atoms with E-state index in [2.05, 4.69) is 34.5 Å². The summed E-state index contributed by atoms with van der Waals surface area (Å²) in [6, 6.07) is 13.2. The highest BCUT2D eigenvalue weighted by molar-refractivity contribution is 6.05. The fourth-order valence-electron chi connectivity index (χ4n) is 4.88. The van der Waals surface area contributed by atoms with Crippen LogP contribution in [-0.4, -0.2) is 104 Å². The molecule has 0 aliphatic carbocycles. The van der Waals surface area contributed by atoms with E-state index in [-0.39, 0.29) is 18.2 Å². The molecular formula is C29H33N3O11. The highest BCUT2D eigenvalue weighted by atomic mass is 16.5. The lowest BCUT2D eigenvalue weighted by Gasteiger charge is -2.29. The number of rotatable bonds is 9. The molecule has 0 saturated carbocycles. The summed E-state index contributed by atoms with van der Waals surface area (Å²) in [6.45, 7) is 5.09. The van der Waals surface area contributed by atoms with Gasteiger partial charge in [-0.2, -0.15) is 0 Å². The lowest BCUT2D eigenvalue weighted by Crippen LogP contribution is -2.52. The van der Waals surface area contributed by atoms with E-state index in [0.29, 0.717) is 30.9 Å². The second-order valence-corrected chi connectivity index (χ2v) is 10.2. The fourth-order valence-corrected chi connectivity index (χ4v) is 4.88. The van der Waals surface area contributed by atoms with E-state index < -0.39 is 36.1 Å². The molecule has 3 amide bonds. The Morgan fingerprint density at radius 2 is 1.58 bits per heavy atom. The van der Waals surface area contributed by atoms with E-state index in [0.717, 1.165) is 44.0 Å². The van der Waals surface area contributed by atoms with Crippen molar-refractivity contribution >= 4 is 29.7 Å². The van der Waals surface area contributed by atoms with Crippen LogP contribution in [0.1, 0.15) is 39.9 Å². The van der Waals surface area contributed by atoms with E-state index in [1.54, 1.807) is 17.0 Å². The van der Waals surface area contributed by atoms with Crippen molar-refractivity contribution in [3.8, 4) is 5.75 Å². The van der Waals surface area contributed by atoms with Crippen LogP contribution < -0.4 is 10.1 Å². The molecule has 0 unspecified atom stereocenters. The zero-order valence-corrected chi connectivity index (χ0v) is 23.2. The number of amides is 3. The molecule has 3 aliphatic heterocycles.